The molecule has 0 spiro atoms. The number of hydrogen-bond donors (Lipinski definition) is 0. The standard InChI is InChI=1S/C18H12ClN3O2/c19-15-7-3-1-5-13(15)17-9-12(24-22-17)10-23-18-14-6-2-4-8-16(14)20-11-21-18/h1-9,11H,10H2. The maximum Gasteiger partial charge on any atom is 0.224 e. The first-order valence-electron chi connectivity index (χ1n) is 7.34. The van der Waals surface area contributed by atoms with Gasteiger partial charge in [0.15, 0.2) is 12.4 Å². The molecule has 0 aliphatic rings. The summed E-state index contributed by atoms with van der Waals surface area (Å²) in [6.07, 6.45) is 1.48. The molecule has 0 fully saturated rings. The Kier molecular flexibility index (Phi) is 3.84. The third-order valence-corrected chi connectivity index (χ3v) is 3.90. The van der Waals surface area contributed by atoms with Crippen molar-refractivity contribution in [3.8, 4) is 17.1 Å². The fourth-order valence-corrected chi connectivity index (χ4v) is 2.64. The second kappa shape index (κ2) is 6.29. The molecule has 5 nitrogen and oxygen atoms in total. The van der Waals surface area contributed by atoms with Gasteiger partial charge in [0.1, 0.15) is 12.0 Å². The molecule has 6 heteroatoms. The molecule has 2 heterocycles. The third kappa shape index (κ3) is 2.81. The average molecular weight is 338 g/mol. The van der Waals surface area contributed by atoms with E-state index < -0.39 is 0 Å². The summed E-state index contributed by atoms with van der Waals surface area (Å²) in [5.74, 6) is 1.10. The zero-order valence-electron chi connectivity index (χ0n) is 12.5. The smallest absolute Gasteiger partial charge is 0.224 e. The Morgan fingerprint density at radius 2 is 1.83 bits per heavy atom. The maximum atomic E-state index is 6.18. The molecule has 0 saturated carbocycles. The highest BCUT2D eigenvalue weighted by atomic mass is 35.5. The molecule has 0 aliphatic carbocycles. The largest absolute Gasteiger partial charge is 0.469 e. The quantitative estimate of drug-likeness (QED) is 0.548. The highest BCUT2D eigenvalue weighted by Crippen LogP contribution is 2.27. The summed E-state index contributed by atoms with van der Waals surface area (Å²) in [4.78, 5) is 8.39. The Bertz CT molecular complexity index is 995. The summed E-state index contributed by atoms with van der Waals surface area (Å²) in [6.45, 7) is 0.221. The van der Waals surface area contributed by atoms with E-state index in [1.807, 2.05) is 54.6 Å². The van der Waals surface area contributed by atoms with Crippen molar-refractivity contribution >= 4 is 22.5 Å². The zero-order chi connectivity index (χ0) is 16.4. The number of fused-ring (bicyclic) bond motifs is 1. The predicted molar refractivity (Wildman–Crippen MR) is 90.8 cm³/mol. The molecule has 118 valence electrons. The van der Waals surface area contributed by atoms with Crippen molar-refractivity contribution in [3.05, 3.63) is 71.7 Å². The van der Waals surface area contributed by atoms with Gasteiger partial charge in [0.2, 0.25) is 5.88 Å². The lowest BCUT2D eigenvalue weighted by Gasteiger charge is -2.05. The molecule has 2 aromatic carbocycles. The monoisotopic (exact) mass is 337 g/mol. The maximum absolute atomic E-state index is 6.18. The van der Waals surface area contributed by atoms with Crippen molar-refractivity contribution in [2.45, 2.75) is 6.61 Å². The van der Waals surface area contributed by atoms with Crippen LogP contribution in [0.1, 0.15) is 5.76 Å². The molecule has 2 aromatic heterocycles. The van der Waals surface area contributed by atoms with Crippen LogP contribution < -0.4 is 4.74 Å². The molecular weight excluding hydrogens is 326 g/mol. The van der Waals surface area contributed by atoms with Crippen LogP contribution in [0.5, 0.6) is 5.88 Å². The number of nitrogens with zero attached hydrogens (tertiary/aromatic N) is 3. The first kappa shape index (κ1) is 14.7. The van der Waals surface area contributed by atoms with E-state index >= 15 is 0 Å². The van der Waals surface area contributed by atoms with Gasteiger partial charge in [-0.25, -0.2) is 9.97 Å². The summed E-state index contributed by atoms with van der Waals surface area (Å²) in [7, 11) is 0. The number of hydrogen-bond acceptors (Lipinski definition) is 5. The fraction of sp³-hybridized carbons (Fsp3) is 0.0556. The number of benzene rings is 2. The lowest BCUT2D eigenvalue weighted by molar-refractivity contribution is 0.244. The molecule has 0 bridgehead atoms. The molecule has 4 aromatic rings. The molecule has 24 heavy (non-hydrogen) atoms. The van der Waals surface area contributed by atoms with Crippen LogP contribution in [0.4, 0.5) is 0 Å². The van der Waals surface area contributed by atoms with Crippen LogP contribution in [-0.2, 0) is 6.61 Å². The zero-order valence-corrected chi connectivity index (χ0v) is 13.3. The molecule has 4 rings (SSSR count). The topological polar surface area (TPSA) is 61.0 Å². The predicted octanol–water partition coefficient (Wildman–Crippen LogP) is 4.52. The lowest BCUT2D eigenvalue weighted by Crippen LogP contribution is -1.97. The Balaban J connectivity index is 1.56. The molecule has 0 atom stereocenters. The summed E-state index contributed by atoms with van der Waals surface area (Å²) in [5.41, 5.74) is 2.32. The van der Waals surface area contributed by atoms with Gasteiger partial charge in [-0.05, 0) is 18.2 Å². The van der Waals surface area contributed by atoms with Crippen molar-refractivity contribution < 1.29 is 9.26 Å². The van der Waals surface area contributed by atoms with Crippen molar-refractivity contribution in [1.82, 2.24) is 15.1 Å². The molecular formula is C18H12ClN3O2. The minimum absolute atomic E-state index is 0.221. The van der Waals surface area contributed by atoms with Crippen molar-refractivity contribution in [1.29, 1.82) is 0 Å². The van der Waals surface area contributed by atoms with E-state index in [1.165, 1.54) is 6.33 Å². The van der Waals surface area contributed by atoms with E-state index in [4.69, 9.17) is 20.9 Å². The van der Waals surface area contributed by atoms with Crippen LogP contribution in [0.25, 0.3) is 22.2 Å². The highest BCUT2D eigenvalue weighted by Gasteiger charge is 2.11. The second-order valence-corrected chi connectivity index (χ2v) is 5.55. The van der Waals surface area contributed by atoms with Crippen LogP contribution in [0.3, 0.4) is 0 Å². The van der Waals surface area contributed by atoms with Gasteiger partial charge in [0, 0.05) is 11.6 Å². The number of para-hydroxylation sites is 1. The van der Waals surface area contributed by atoms with Crippen LogP contribution in [0, 0.1) is 0 Å². The lowest BCUT2D eigenvalue weighted by atomic mass is 10.1. The Morgan fingerprint density at radius 1 is 1.00 bits per heavy atom. The average Bonchev–Trinajstić information content (AvgIpc) is 3.09. The van der Waals surface area contributed by atoms with Gasteiger partial charge in [0.25, 0.3) is 0 Å². The van der Waals surface area contributed by atoms with Gasteiger partial charge in [-0.1, -0.05) is 47.1 Å². The molecule has 0 unspecified atom stereocenters. The van der Waals surface area contributed by atoms with Crippen LogP contribution in [-0.4, -0.2) is 15.1 Å². The molecule has 0 radical (unpaired) electrons. The minimum Gasteiger partial charge on any atom is -0.469 e. The third-order valence-electron chi connectivity index (χ3n) is 3.57. The summed E-state index contributed by atoms with van der Waals surface area (Å²) >= 11 is 6.18. The molecule has 0 saturated heterocycles. The number of ether oxygens (including phenoxy) is 1. The Labute approximate surface area is 142 Å². The van der Waals surface area contributed by atoms with E-state index in [9.17, 15) is 0 Å². The van der Waals surface area contributed by atoms with E-state index in [0.29, 0.717) is 22.4 Å². The van der Waals surface area contributed by atoms with Gasteiger partial charge >= 0.3 is 0 Å². The second-order valence-electron chi connectivity index (χ2n) is 5.14. The molecule has 0 N–H and O–H groups in total. The number of aromatic nitrogens is 3. The summed E-state index contributed by atoms with van der Waals surface area (Å²) < 4.78 is 11.1. The first-order chi connectivity index (χ1) is 11.8. The van der Waals surface area contributed by atoms with Crippen LogP contribution in [0.2, 0.25) is 5.02 Å². The number of halogens is 1. The van der Waals surface area contributed by atoms with Crippen LogP contribution >= 0.6 is 11.6 Å². The summed E-state index contributed by atoms with van der Waals surface area (Å²) in [6, 6.07) is 17.0. The fourth-order valence-electron chi connectivity index (χ4n) is 2.41. The van der Waals surface area contributed by atoms with Gasteiger partial charge in [-0.2, -0.15) is 0 Å². The molecule has 0 aliphatic heterocycles. The van der Waals surface area contributed by atoms with Crippen molar-refractivity contribution in [3.63, 3.8) is 0 Å². The highest BCUT2D eigenvalue weighted by molar-refractivity contribution is 6.33. The SMILES string of the molecule is Clc1ccccc1-c1cc(COc2ncnc3ccccc23)on1. The minimum atomic E-state index is 0.221. The van der Waals surface area contributed by atoms with E-state index in [-0.39, 0.29) is 6.61 Å². The number of rotatable bonds is 4. The Morgan fingerprint density at radius 3 is 2.75 bits per heavy atom. The van der Waals surface area contributed by atoms with Crippen molar-refractivity contribution in [2.75, 3.05) is 0 Å². The Hall–Kier alpha value is -2.92. The van der Waals surface area contributed by atoms with Crippen molar-refractivity contribution in [2.24, 2.45) is 0 Å². The van der Waals surface area contributed by atoms with E-state index in [2.05, 4.69) is 15.1 Å². The van der Waals surface area contributed by atoms with Gasteiger partial charge in [-0.15, -0.1) is 0 Å². The normalized spacial score (nSPS) is 10.9. The molecule has 0 amide bonds. The van der Waals surface area contributed by atoms with E-state index in [1.54, 1.807) is 0 Å². The van der Waals surface area contributed by atoms with Crippen LogP contribution in [0.15, 0.2) is 65.4 Å². The van der Waals surface area contributed by atoms with Gasteiger partial charge in [-0.3, -0.25) is 0 Å². The first-order valence-corrected chi connectivity index (χ1v) is 7.72. The van der Waals surface area contributed by atoms with Gasteiger partial charge in [0.05, 0.1) is 15.9 Å². The summed E-state index contributed by atoms with van der Waals surface area (Å²) in [5, 5.41) is 5.53. The van der Waals surface area contributed by atoms with E-state index in [0.717, 1.165) is 16.5 Å². The van der Waals surface area contributed by atoms with Gasteiger partial charge < -0.3 is 9.26 Å².